The molecule has 21 heavy (non-hydrogen) atoms. The number of aromatic hydroxyl groups is 1. The van der Waals surface area contributed by atoms with E-state index < -0.39 is 0 Å². The minimum atomic E-state index is 0.253. The fourth-order valence-corrected chi connectivity index (χ4v) is 2.73. The molecule has 0 unspecified atom stereocenters. The van der Waals surface area contributed by atoms with E-state index in [-0.39, 0.29) is 5.75 Å². The van der Waals surface area contributed by atoms with Crippen LogP contribution in [0.5, 0.6) is 5.75 Å². The van der Waals surface area contributed by atoms with Gasteiger partial charge in [-0.25, -0.2) is 4.98 Å². The molecular weight excluding hydrogens is 260 g/mol. The molecule has 2 aromatic heterocycles. The van der Waals surface area contributed by atoms with Gasteiger partial charge >= 0.3 is 0 Å². The van der Waals surface area contributed by atoms with E-state index in [1.807, 2.05) is 43.3 Å². The Hall–Kier alpha value is -2.81. The van der Waals surface area contributed by atoms with Crippen molar-refractivity contribution in [3.05, 3.63) is 60.2 Å². The number of hydrogen-bond acceptors (Lipinski definition) is 2. The molecule has 102 valence electrons. The third kappa shape index (κ3) is 1.86. The van der Waals surface area contributed by atoms with E-state index in [2.05, 4.69) is 22.1 Å². The van der Waals surface area contributed by atoms with Crippen LogP contribution in [-0.2, 0) is 0 Å². The van der Waals surface area contributed by atoms with Crippen molar-refractivity contribution in [3.8, 4) is 17.0 Å². The number of hydrogen-bond donors (Lipinski definition) is 2. The van der Waals surface area contributed by atoms with Gasteiger partial charge in [-0.3, -0.25) is 0 Å². The molecule has 2 N–H and O–H groups in total. The minimum absolute atomic E-state index is 0.253. The van der Waals surface area contributed by atoms with E-state index in [0.29, 0.717) is 0 Å². The molecule has 2 aromatic carbocycles. The zero-order chi connectivity index (χ0) is 14.4. The first-order chi connectivity index (χ1) is 10.2. The van der Waals surface area contributed by atoms with Crippen LogP contribution in [0.1, 0.15) is 5.56 Å². The molecule has 0 saturated carbocycles. The maximum atomic E-state index is 10.1. The first kappa shape index (κ1) is 12.0. The zero-order valence-corrected chi connectivity index (χ0v) is 11.6. The van der Waals surface area contributed by atoms with Crippen LogP contribution in [0.15, 0.2) is 54.6 Å². The lowest BCUT2D eigenvalue weighted by atomic mass is 10.1. The molecule has 4 rings (SSSR count). The van der Waals surface area contributed by atoms with Gasteiger partial charge in [-0.15, -0.1) is 0 Å². The highest BCUT2D eigenvalue weighted by Gasteiger charge is 2.09. The maximum Gasteiger partial charge on any atom is 0.139 e. The van der Waals surface area contributed by atoms with Crippen molar-refractivity contribution < 1.29 is 5.11 Å². The van der Waals surface area contributed by atoms with Gasteiger partial charge in [0.2, 0.25) is 0 Å². The average Bonchev–Trinajstić information content (AvgIpc) is 2.87. The van der Waals surface area contributed by atoms with Gasteiger partial charge in [0, 0.05) is 21.9 Å². The van der Waals surface area contributed by atoms with Crippen LogP contribution >= 0.6 is 0 Å². The lowest BCUT2D eigenvalue weighted by molar-refractivity contribution is 0.477. The number of aryl methyl sites for hydroxylation is 1. The summed E-state index contributed by atoms with van der Waals surface area (Å²) in [5.74, 6) is 0.253. The first-order valence-corrected chi connectivity index (χ1v) is 6.90. The Kier molecular flexibility index (Phi) is 2.48. The summed E-state index contributed by atoms with van der Waals surface area (Å²) in [6.07, 6.45) is 0. The lowest BCUT2D eigenvalue weighted by Crippen LogP contribution is -1.86. The summed E-state index contributed by atoms with van der Waals surface area (Å²) in [7, 11) is 0. The molecule has 0 aliphatic carbocycles. The summed E-state index contributed by atoms with van der Waals surface area (Å²) >= 11 is 0. The summed E-state index contributed by atoms with van der Waals surface area (Å²) in [5, 5.41) is 12.3. The Morgan fingerprint density at radius 2 is 1.81 bits per heavy atom. The molecule has 0 spiro atoms. The number of fused-ring (bicyclic) bond motifs is 3. The normalized spacial score (nSPS) is 11.3. The molecule has 3 heteroatoms. The molecule has 0 bridgehead atoms. The fraction of sp³-hybridized carbons (Fsp3) is 0.0556. The highest BCUT2D eigenvalue weighted by molar-refractivity contribution is 6.06. The third-order valence-electron chi connectivity index (χ3n) is 3.79. The number of aromatic nitrogens is 2. The molecule has 2 heterocycles. The largest absolute Gasteiger partial charge is 0.507 e. The van der Waals surface area contributed by atoms with Crippen molar-refractivity contribution in [2.75, 3.05) is 0 Å². The van der Waals surface area contributed by atoms with Crippen LogP contribution < -0.4 is 0 Å². The second-order valence-corrected chi connectivity index (χ2v) is 5.28. The van der Waals surface area contributed by atoms with E-state index in [4.69, 9.17) is 0 Å². The summed E-state index contributed by atoms with van der Waals surface area (Å²) < 4.78 is 0. The number of pyridine rings is 1. The van der Waals surface area contributed by atoms with Crippen LogP contribution in [0.2, 0.25) is 0 Å². The van der Waals surface area contributed by atoms with Crippen molar-refractivity contribution in [2.24, 2.45) is 0 Å². The van der Waals surface area contributed by atoms with Gasteiger partial charge in [-0.1, -0.05) is 29.8 Å². The monoisotopic (exact) mass is 274 g/mol. The number of benzene rings is 2. The summed E-state index contributed by atoms with van der Waals surface area (Å²) in [4.78, 5) is 8.00. The number of nitrogens with one attached hydrogen (secondary N) is 1. The van der Waals surface area contributed by atoms with E-state index in [1.165, 1.54) is 5.39 Å². The third-order valence-corrected chi connectivity index (χ3v) is 3.79. The molecule has 0 amide bonds. The number of phenolic OH excluding ortho intramolecular Hbond substituents is 1. The van der Waals surface area contributed by atoms with Crippen LogP contribution in [0.25, 0.3) is 33.2 Å². The first-order valence-electron chi connectivity index (χ1n) is 6.90. The number of H-pyrrole nitrogens is 1. The average molecular weight is 274 g/mol. The highest BCUT2D eigenvalue weighted by Crippen LogP contribution is 2.31. The molecule has 0 saturated heterocycles. The SMILES string of the molecule is Cc1ccc(O)c(-c2ccc3c(n2)[nH]c2ccccc23)c1. The van der Waals surface area contributed by atoms with E-state index >= 15 is 0 Å². The smallest absolute Gasteiger partial charge is 0.139 e. The maximum absolute atomic E-state index is 10.1. The molecule has 0 radical (unpaired) electrons. The molecular formula is C18H14N2O. The quantitative estimate of drug-likeness (QED) is 0.540. The number of nitrogens with zero attached hydrogens (tertiary/aromatic N) is 1. The van der Waals surface area contributed by atoms with Gasteiger partial charge in [0.05, 0.1) is 5.69 Å². The molecule has 0 fully saturated rings. The predicted octanol–water partition coefficient (Wildman–Crippen LogP) is 4.40. The van der Waals surface area contributed by atoms with Gasteiger partial charge in [-0.2, -0.15) is 0 Å². The highest BCUT2D eigenvalue weighted by atomic mass is 16.3. The number of aromatic amines is 1. The van der Waals surface area contributed by atoms with Crippen LogP contribution in [0.3, 0.4) is 0 Å². The van der Waals surface area contributed by atoms with Crippen molar-refractivity contribution in [1.29, 1.82) is 0 Å². The van der Waals surface area contributed by atoms with Crippen molar-refractivity contribution in [1.82, 2.24) is 9.97 Å². The Labute approximate surface area is 121 Å². The standard InChI is InChI=1S/C18H14N2O/c1-11-6-9-17(21)14(10-11)16-8-7-13-12-4-2-3-5-15(12)19-18(13)20-16/h2-10,21H,1H3,(H,19,20). The van der Waals surface area contributed by atoms with Crippen molar-refractivity contribution >= 4 is 21.9 Å². The summed E-state index contributed by atoms with van der Waals surface area (Å²) in [6, 6.07) is 17.7. The minimum Gasteiger partial charge on any atom is -0.507 e. The Morgan fingerprint density at radius 1 is 0.952 bits per heavy atom. The fourth-order valence-electron chi connectivity index (χ4n) is 2.73. The Balaban J connectivity index is 1.98. The van der Waals surface area contributed by atoms with E-state index in [1.54, 1.807) is 6.07 Å². The number of para-hydroxylation sites is 1. The second kappa shape index (κ2) is 4.35. The topological polar surface area (TPSA) is 48.9 Å². The summed E-state index contributed by atoms with van der Waals surface area (Å²) in [6.45, 7) is 2.00. The number of rotatable bonds is 1. The van der Waals surface area contributed by atoms with E-state index in [0.717, 1.165) is 33.4 Å². The van der Waals surface area contributed by atoms with Gasteiger partial charge in [0.15, 0.2) is 0 Å². The van der Waals surface area contributed by atoms with Crippen LogP contribution in [-0.4, -0.2) is 15.1 Å². The van der Waals surface area contributed by atoms with Gasteiger partial charge in [-0.05, 0) is 37.3 Å². The van der Waals surface area contributed by atoms with Gasteiger partial charge in [0.25, 0.3) is 0 Å². The van der Waals surface area contributed by atoms with Crippen LogP contribution in [0.4, 0.5) is 0 Å². The van der Waals surface area contributed by atoms with Crippen molar-refractivity contribution in [3.63, 3.8) is 0 Å². The molecule has 0 aliphatic rings. The Bertz CT molecular complexity index is 969. The summed E-state index contributed by atoms with van der Waals surface area (Å²) in [5.41, 5.74) is 4.55. The van der Waals surface area contributed by atoms with Crippen LogP contribution in [0, 0.1) is 6.92 Å². The number of phenols is 1. The van der Waals surface area contributed by atoms with Gasteiger partial charge < -0.3 is 10.1 Å². The molecule has 4 aromatic rings. The molecule has 0 aliphatic heterocycles. The second-order valence-electron chi connectivity index (χ2n) is 5.28. The molecule has 3 nitrogen and oxygen atoms in total. The lowest BCUT2D eigenvalue weighted by Gasteiger charge is -2.05. The van der Waals surface area contributed by atoms with Gasteiger partial charge in [0.1, 0.15) is 11.4 Å². The zero-order valence-electron chi connectivity index (χ0n) is 11.6. The van der Waals surface area contributed by atoms with Crippen molar-refractivity contribution in [2.45, 2.75) is 6.92 Å². The Morgan fingerprint density at radius 3 is 2.71 bits per heavy atom. The van der Waals surface area contributed by atoms with E-state index in [9.17, 15) is 5.11 Å². The molecule has 0 atom stereocenters. The predicted molar refractivity (Wildman–Crippen MR) is 85.4 cm³/mol.